The molecule has 0 aliphatic heterocycles. The van der Waals surface area contributed by atoms with Crippen LogP contribution in [0.1, 0.15) is 37.9 Å². The minimum Gasteiger partial charge on any atom is -0.493 e. The van der Waals surface area contributed by atoms with Gasteiger partial charge in [0.15, 0.2) is 11.5 Å². The number of amides is 1. The third-order valence-electron chi connectivity index (χ3n) is 3.93. The zero-order chi connectivity index (χ0) is 20.7. The van der Waals surface area contributed by atoms with Gasteiger partial charge in [-0.2, -0.15) is 5.26 Å². The van der Waals surface area contributed by atoms with Gasteiger partial charge in [-0.1, -0.05) is 41.9 Å². The number of nitriles is 1. The number of benzene rings is 2. The van der Waals surface area contributed by atoms with Crippen LogP contribution in [0.2, 0.25) is 5.02 Å². The van der Waals surface area contributed by atoms with E-state index in [4.69, 9.17) is 21.1 Å². The van der Waals surface area contributed by atoms with Crippen molar-refractivity contribution < 1.29 is 14.3 Å². The van der Waals surface area contributed by atoms with Crippen LogP contribution < -0.4 is 14.8 Å². The molecule has 6 heteroatoms. The van der Waals surface area contributed by atoms with Gasteiger partial charge in [0.2, 0.25) is 0 Å². The van der Waals surface area contributed by atoms with Crippen LogP contribution in [0, 0.1) is 11.3 Å². The Kier molecular flexibility index (Phi) is 7.48. The van der Waals surface area contributed by atoms with E-state index in [1.54, 1.807) is 12.1 Å². The summed E-state index contributed by atoms with van der Waals surface area (Å²) in [7, 11) is 1.51. The Morgan fingerprint density at radius 1 is 1.21 bits per heavy atom. The highest BCUT2D eigenvalue weighted by atomic mass is 35.5. The molecular weight excluding hydrogens is 376 g/mol. The molecule has 2 aromatic rings. The minimum absolute atomic E-state index is 0.0292. The number of ether oxygens (including phenoxy) is 2. The molecule has 146 valence electrons. The SMILES string of the molecule is COc1cc(/C=C(\C#N)C(=O)N[C@@H](C)c2ccccc2)cc(Cl)c1OC(C)C. The molecule has 2 aromatic carbocycles. The van der Waals surface area contributed by atoms with E-state index < -0.39 is 5.91 Å². The summed E-state index contributed by atoms with van der Waals surface area (Å²) in [5.41, 5.74) is 1.49. The average Bonchev–Trinajstić information content (AvgIpc) is 2.68. The predicted octanol–water partition coefficient (Wildman–Crippen LogP) is 4.92. The Labute approximate surface area is 170 Å². The smallest absolute Gasteiger partial charge is 0.262 e. The second-order valence-corrected chi connectivity index (χ2v) is 6.88. The van der Waals surface area contributed by atoms with E-state index >= 15 is 0 Å². The quantitative estimate of drug-likeness (QED) is 0.530. The molecule has 0 saturated heterocycles. The van der Waals surface area contributed by atoms with Crippen molar-refractivity contribution in [3.63, 3.8) is 0 Å². The van der Waals surface area contributed by atoms with Crippen LogP contribution in [0.5, 0.6) is 11.5 Å². The summed E-state index contributed by atoms with van der Waals surface area (Å²) in [6.45, 7) is 5.63. The average molecular weight is 399 g/mol. The summed E-state index contributed by atoms with van der Waals surface area (Å²) in [5, 5.41) is 12.6. The maximum Gasteiger partial charge on any atom is 0.262 e. The number of carbonyl (C=O) groups excluding carboxylic acids is 1. The molecular formula is C22H23ClN2O3. The van der Waals surface area contributed by atoms with Gasteiger partial charge in [-0.25, -0.2) is 0 Å². The van der Waals surface area contributed by atoms with Gasteiger partial charge < -0.3 is 14.8 Å². The van der Waals surface area contributed by atoms with Gasteiger partial charge in [-0.05, 0) is 50.1 Å². The molecule has 0 aliphatic rings. The molecule has 2 rings (SSSR count). The standard InChI is InChI=1S/C22H23ClN2O3/c1-14(2)28-21-19(23)11-16(12-20(21)27-4)10-18(13-24)22(26)25-15(3)17-8-6-5-7-9-17/h5-12,14-15H,1-4H3,(H,25,26)/b18-10+/t15-/m0/s1. The van der Waals surface area contributed by atoms with Crippen molar-refractivity contribution >= 4 is 23.6 Å². The van der Waals surface area contributed by atoms with Crippen molar-refractivity contribution in [2.45, 2.75) is 32.9 Å². The summed E-state index contributed by atoms with van der Waals surface area (Å²) in [4.78, 5) is 12.5. The van der Waals surface area contributed by atoms with Crippen LogP contribution in [0.15, 0.2) is 48.0 Å². The topological polar surface area (TPSA) is 71.3 Å². The number of nitrogens with zero attached hydrogens (tertiary/aromatic N) is 1. The highest BCUT2D eigenvalue weighted by molar-refractivity contribution is 6.32. The van der Waals surface area contributed by atoms with Crippen LogP contribution in [-0.4, -0.2) is 19.1 Å². The minimum atomic E-state index is -0.462. The Morgan fingerprint density at radius 3 is 2.46 bits per heavy atom. The molecule has 0 fully saturated rings. The Hall–Kier alpha value is -2.97. The van der Waals surface area contributed by atoms with E-state index in [0.717, 1.165) is 5.56 Å². The van der Waals surface area contributed by atoms with E-state index in [1.807, 2.05) is 57.2 Å². The van der Waals surface area contributed by atoms with Crippen LogP contribution in [0.3, 0.4) is 0 Å². The molecule has 0 heterocycles. The summed E-state index contributed by atoms with van der Waals surface area (Å²) in [6.07, 6.45) is 1.40. The van der Waals surface area contributed by atoms with Gasteiger partial charge in [-0.3, -0.25) is 4.79 Å². The molecule has 0 unspecified atom stereocenters. The van der Waals surface area contributed by atoms with Crippen LogP contribution in [-0.2, 0) is 4.79 Å². The monoisotopic (exact) mass is 398 g/mol. The van der Waals surface area contributed by atoms with Gasteiger partial charge >= 0.3 is 0 Å². The maximum absolute atomic E-state index is 12.5. The lowest BCUT2D eigenvalue weighted by molar-refractivity contribution is -0.117. The first-order chi connectivity index (χ1) is 13.3. The lowest BCUT2D eigenvalue weighted by Crippen LogP contribution is -2.27. The molecule has 1 amide bonds. The van der Waals surface area contributed by atoms with E-state index in [9.17, 15) is 10.1 Å². The molecule has 0 saturated carbocycles. The number of hydrogen-bond acceptors (Lipinski definition) is 4. The molecule has 0 radical (unpaired) electrons. The molecule has 0 spiro atoms. The van der Waals surface area contributed by atoms with E-state index in [2.05, 4.69) is 5.32 Å². The maximum atomic E-state index is 12.5. The van der Waals surface area contributed by atoms with Crippen molar-refractivity contribution in [2.75, 3.05) is 7.11 Å². The largest absolute Gasteiger partial charge is 0.493 e. The van der Waals surface area contributed by atoms with Gasteiger partial charge in [0, 0.05) is 0 Å². The highest BCUT2D eigenvalue weighted by Crippen LogP contribution is 2.37. The number of nitrogens with one attached hydrogen (secondary N) is 1. The summed E-state index contributed by atoms with van der Waals surface area (Å²) < 4.78 is 11.0. The molecule has 0 aliphatic carbocycles. The summed E-state index contributed by atoms with van der Waals surface area (Å²) in [6, 6.07) is 14.6. The third kappa shape index (κ3) is 5.51. The van der Waals surface area contributed by atoms with Crippen molar-refractivity contribution in [3.8, 4) is 17.6 Å². The molecule has 0 bridgehead atoms. The zero-order valence-electron chi connectivity index (χ0n) is 16.3. The first-order valence-corrected chi connectivity index (χ1v) is 9.25. The number of halogens is 1. The van der Waals surface area contributed by atoms with Crippen molar-refractivity contribution in [1.29, 1.82) is 5.26 Å². The number of hydrogen-bond donors (Lipinski definition) is 1. The lowest BCUT2D eigenvalue weighted by atomic mass is 10.1. The second kappa shape index (κ2) is 9.82. The molecule has 1 atom stereocenters. The molecule has 1 N–H and O–H groups in total. The first-order valence-electron chi connectivity index (χ1n) is 8.87. The number of carbonyl (C=O) groups is 1. The van der Waals surface area contributed by atoms with Gasteiger partial charge in [0.25, 0.3) is 5.91 Å². The van der Waals surface area contributed by atoms with Crippen LogP contribution >= 0.6 is 11.6 Å². The Morgan fingerprint density at radius 2 is 1.89 bits per heavy atom. The predicted molar refractivity (Wildman–Crippen MR) is 110 cm³/mol. The van der Waals surface area contributed by atoms with Crippen LogP contribution in [0.4, 0.5) is 0 Å². The Balaban J connectivity index is 2.27. The third-order valence-corrected chi connectivity index (χ3v) is 4.21. The van der Waals surface area contributed by atoms with Gasteiger partial charge in [-0.15, -0.1) is 0 Å². The molecule has 28 heavy (non-hydrogen) atoms. The van der Waals surface area contributed by atoms with Gasteiger partial charge in [0.05, 0.1) is 24.3 Å². The zero-order valence-corrected chi connectivity index (χ0v) is 17.1. The fourth-order valence-electron chi connectivity index (χ4n) is 2.59. The van der Waals surface area contributed by atoms with Gasteiger partial charge in [0.1, 0.15) is 11.6 Å². The van der Waals surface area contributed by atoms with E-state index in [-0.39, 0.29) is 17.7 Å². The van der Waals surface area contributed by atoms with E-state index in [0.29, 0.717) is 22.1 Å². The number of methoxy groups -OCH3 is 1. The Bertz CT molecular complexity index is 902. The molecule has 0 aromatic heterocycles. The lowest BCUT2D eigenvalue weighted by Gasteiger charge is -2.16. The normalized spacial score (nSPS) is 12.2. The fraction of sp³-hybridized carbons (Fsp3) is 0.273. The summed E-state index contributed by atoms with van der Waals surface area (Å²) in [5.74, 6) is 0.399. The van der Waals surface area contributed by atoms with Crippen molar-refractivity contribution in [1.82, 2.24) is 5.32 Å². The van der Waals surface area contributed by atoms with Crippen molar-refractivity contribution in [3.05, 3.63) is 64.2 Å². The van der Waals surface area contributed by atoms with E-state index in [1.165, 1.54) is 13.2 Å². The van der Waals surface area contributed by atoms with Crippen LogP contribution in [0.25, 0.3) is 6.08 Å². The summed E-state index contributed by atoms with van der Waals surface area (Å²) >= 11 is 6.31. The number of rotatable bonds is 7. The van der Waals surface area contributed by atoms with Crippen molar-refractivity contribution in [2.24, 2.45) is 0 Å². The fourth-order valence-corrected chi connectivity index (χ4v) is 2.85. The second-order valence-electron chi connectivity index (χ2n) is 6.48. The molecule has 5 nitrogen and oxygen atoms in total. The highest BCUT2D eigenvalue weighted by Gasteiger charge is 2.16. The first kappa shape index (κ1) is 21.3.